The van der Waals surface area contributed by atoms with E-state index in [9.17, 15) is 9.59 Å². The Morgan fingerprint density at radius 3 is 2.41 bits per heavy atom. The summed E-state index contributed by atoms with van der Waals surface area (Å²) in [5.74, 6) is 0.893. The van der Waals surface area contributed by atoms with Gasteiger partial charge in [-0.2, -0.15) is 0 Å². The van der Waals surface area contributed by atoms with E-state index >= 15 is 0 Å². The SMILES string of the molecule is CC.CCn1c(CNC(=O)c2nc(Cl)c(N)nc2N)[n+](CC)c2ccc(OCCNC(=O)OC(C)(C)C)cc21. The molecule has 13 heteroatoms. The lowest BCUT2D eigenvalue weighted by atomic mass is 10.2. The van der Waals surface area contributed by atoms with Crippen molar-refractivity contribution in [1.82, 2.24) is 25.2 Å². The molecule has 6 N–H and O–H groups in total. The molecule has 0 aliphatic heterocycles. The van der Waals surface area contributed by atoms with E-state index < -0.39 is 17.6 Å². The quantitative estimate of drug-likeness (QED) is 0.227. The number of rotatable bonds is 9. The number of hydrogen-bond donors (Lipinski definition) is 4. The topological polar surface area (TPSA) is 163 Å². The molecule has 0 saturated carbocycles. The summed E-state index contributed by atoms with van der Waals surface area (Å²) in [6.07, 6.45) is -0.490. The number of aromatic nitrogens is 4. The number of nitrogen functional groups attached to an aromatic ring is 2. The van der Waals surface area contributed by atoms with Gasteiger partial charge in [-0.3, -0.25) is 4.79 Å². The minimum atomic E-state index is -0.560. The van der Waals surface area contributed by atoms with Gasteiger partial charge in [0.2, 0.25) is 0 Å². The third-order valence-electron chi connectivity index (χ3n) is 5.35. The molecular formula is C26H40ClN8O4+. The van der Waals surface area contributed by atoms with Crippen molar-refractivity contribution in [2.24, 2.45) is 0 Å². The van der Waals surface area contributed by atoms with Gasteiger partial charge in [-0.05, 0) is 46.8 Å². The molecule has 0 saturated heterocycles. The zero-order valence-electron chi connectivity index (χ0n) is 23.7. The van der Waals surface area contributed by atoms with Crippen LogP contribution in [0.1, 0.15) is 64.8 Å². The predicted molar refractivity (Wildman–Crippen MR) is 152 cm³/mol. The fourth-order valence-corrected chi connectivity index (χ4v) is 3.97. The first-order valence-corrected chi connectivity index (χ1v) is 13.3. The van der Waals surface area contributed by atoms with Gasteiger partial charge in [0.15, 0.2) is 33.5 Å². The van der Waals surface area contributed by atoms with Crippen molar-refractivity contribution in [3.8, 4) is 5.75 Å². The molecule has 2 amide bonds. The minimum absolute atomic E-state index is 0.0377. The number of benzene rings is 1. The van der Waals surface area contributed by atoms with Crippen molar-refractivity contribution in [3.05, 3.63) is 34.9 Å². The van der Waals surface area contributed by atoms with Gasteiger partial charge in [0.05, 0.1) is 19.6 Å². The monoisotopic (exact) mass is 563 g/mol. The second kappa shape index (κ2) is 13.8. The fraction of sp³-hybridized carbons (Fsp3) is 0.500. The fourth-order valence-electron chi connectivity index (χ4n) is 3.85. The van der Waals surface area contributed by atoms with Crippen molar-refractivity contribution in [1.29, 1.82) is 0 Å². The molecule has 2 heterocycles. The van der Waals surface area contributed by atoms with Crippen molar-refractivity contribution >= 4 is 46.3 Å². The van der Waals surface area contributed by atoms with Crippen LogP contribution in [0.5, 0.6) is 5.75 Å². The lowest BCUT2D eigenvalue weighted by molar-refractivity contribution is -0.676. The van der Waals surface area contributed by atoms with Crippen LogP contribution in [0, 0.1) is 0 Å². The molecule has 214 valence electrons. The molecule has 0 atom stereocenters. The Morgan fingerprint density at radius 2 is 1.79 bits per heavy atom. The molecule has 0 radical (unpaired) electrons. The number of halogens is 1. The second-order valence-electron chi connectivity index (χ2n) is 9.15. The number of nitrogens with two attached hydrogens (primary N) is 2. The third-order valence-corrected chi connectivity index (χ3v) is 5.63. The summed E-state index contributed by atoms with van der Waals surface area (Å²) in [5, 5.41) is 5.44. The van der Waals surface area contributed by atoms with Gasteiger partial charge in [0.1, 0.15) is 24.5 Å². The van der Waals surface area contributed by atoms with Crippen molar-refractivity contribution in [2.75, 3.05) is 24.6 Å². The molecule has 0 fully saturated rings. The number of carbonyl (C=O) groups is 2. The molecule has 12 nitrogen and oxygen atoms in total. The van der Waals surface area contributed by atoms with Crippen LogP contribution in [-0.4, -0.2) is 45.3 Å². The number of alkyl carbamates (subject to hydrolysis) is 1. The van der Waals surface area contributed by atoms with E-state index in [4.69, 9.17) is 32.5 Å². The maximum atomic E-state index is 12.8. The lowest BCUT2D eigenvalue weighted by Crippen LogP contribution is -2.40. The van der Waals surface area contributed by atoms with E-state index in [2.05, 4.69) is 29.7 Å². The summed E-state index contributed by atoms with van der Waals surface area (Å²) in [4.78, 5) is 32.4. The summed E-state index contributed by atoms with van der Waals surface area (Å²) in [6, 6.07) is 5.78. The highest BCUT2D eigenvalue weighted by Crippen LogP contribution is 2.22. The van der Waals surface area contributed by atoms with Gasteiger partial charge in [0.25, 0.3) is 11.7 Å². The van der Waals surface area contributed by atoms with Crippen molar-refractivity contribution in [2.45, 2.75) is 73.7 Å². The number of fused-ring (bicyclic) bond motifs is 1. The summed E-state index contributed by atoms with van der Waals surface area (Å²) >= 11 is 5.92. The lowest BCUT2D eigenvalue weighted by Gasteiger charge is -2.19. The molecule has 0 unspecified atom stereocenters. The second-order valence-corrected chi connectivity index (χ2v) is 9.51. The number of amides is 2. The Hall–Kier alpha value is -3.80. The Kier molecular flexibility index (Phi) is 11.1. The maximum absolute atomic E-state index is 12.8. The third kappa shape index (κ3) is 8.09. The highest BCUT2D eigenvalue weighted by molar-refractivity contribution is 6.31. The van der Waals surface area contributed by atoms with Crippen LogP contribution in [0.25, 0.3) is 11.0 Å². The van der Waals surface area contributed by atoms with Gasteiger partial charge in [-0.25, -0.2) is 23.9 Å². The summed E-state index contributed by atoms with van der Waals surface area (Å²) in [5.41, 5.74) is 12.7. The minimum Gasteiger partial charge on any atom is -0.492 e. The van der Waals surface area contributed by atoms with Crippen LogP contribution in [-0.2, 0) is 24.4 Å². The molecular weight excluding hydrogens is 524 g/mol. The number of anilines is 2. The zero-order chi connectivity index (χ0) is 29.3. The Balaban J connectivity index is 0.00000260. The molecule has 3 rings (SSSR count). The van der Waals surface area contributed by atoms with Crippen LogP contribution < -0.4 is 31.4 Å². The van der Waals surface area contributed by atoms with E-state index in [0.29, 0.717) is 25.4 Å². The van der Waals surface area contributed by atoms with E-state index in [1.165, 1.54) is 0 Å². The van der Waals surface area contributed by atoms with E-state index in [-0.39, 0.29) is 35.6 Å². The molecule has 0 spiro atoms. The average Bonchev–Trinajstić information content (AvgIpc) is 3.19. The Labute approximate surface area is 234 Å². The van der Waals surface area contributed by atoms with Crippen molar-refractivity contribution in [3.63, 3.8) is 0 Å². The summed E-state index contributed by atoms with van der Waals surface area (Å²) in [7, 11) is 0. The highest BCUT2D eigenvalue weighted by atomic mass is 35.5. The number of ether oxygens (including phenoxy) is 2. The first-order valence-electron chi connectivity index (χ1n) is 13.0. The first-order chi connectivity index (χ1) is 18.4. The van der Waals surface area contributed by atoms with Crippen LogP contribution in [0.3, 0.4) is 0 Å². The average molecular weight is 564 g/mol. The first kappa shape index (κ1) is 31.4. The van der Waals surface area contributed by atoms with Crippen LogP contribution in [0.4, 0.5) is 16.4 Å². The van der Waals surface area contributed by atoms with Crippen LogP contribution in [0.15, 0.2) is 18.2 Å². The van der Waals surface area contributed by atoms with Crippen LogP contribution >= 0.6 is 11.6 Å². The Morgan fingerprint density at radius 1 is 1.10 bits per heavy atom. The summed E-state index contributed by atoms with van der Waals surface area (Å²) in [6.45, 7) is 15.6. The number of carbonyl (C=O) groups excluding carboxylic acids is 2. The standard InChI is InChI=1S/C24H33ClN8O4.C2H6/c1-6-32-15-9-8-14(36-11-10-28-23(35)37-24(3,4)5)12-16(15)33(7-2)17(32)13-29-22(34)18-20(26)31-21(27)19(25)30-18;1-2/h8-9,12H,6-7,10-11,13H2,1-5H3,(H5-,26,27,28,29,31,34,35);1-2H3/p+1. The molecule has 3 aromatic rings. The van der Waals surface area contributed by atoms with E-state index in [1.807, 2.05) is 45.9 Å². The highest BCUT2D eigenvalue weighted by Gasteiger charge is 2.25. The molecule has 2 aromatic heterocycles. The molecule has 0 aliphatic rings. The Bertz CT molecular complexity index is 1300. The smallest absolute Gasteiger partial charge is 0.407 e. The number of imidazole rings is 1. The zero-order valence-corrected chi connectivity index (χ0v) is 24.5. The predicted octanol–water partition coefficient (Wildman–Crippen LogP) is 3.44. The van der Waals surface area contributed by atoms with E-state index in [1.54, 1.807) is 20.8 Å². The van der Waals surface area contributed by atoms with Gasteiger partial charge in [-0.15, -0.1) is 0 Å². The molecule has 39 heavy (non-hydrogen) atoms. The molecule has 1 aromatic carbocycles. The number of nitrogens with one attached hydrogen (secondary N) is 2. The van der Waals surface area contributed by atoms with Gasteiger partial charge in [-0.1, -0.05) is 25.4 Å². The summed E-state index contributed by atoms with van der Waals surface area (Å²) < 4.78 is 15.3. The number of hydrogen-bond acceptors (Lipinski definition) is 8. The van der Waals surface area contributed by atoms with Gasteiger partial charge >= 0.3 is 6.09 Å². The number of aryl methyl sites for hydroxylation is 2. The normalized spacial score (nSPS) is 11.0. The van der Waals surface area contributed by atoms with E-state index in [0.717, 1.165) is 16.9 Å². The number of nitrogens with zero attached hydrogens (tertiary/aromatic N) is 4. The maximum Gasteiger partial charge on any atom is 0.407 e. The molecule has 0 aliphatic carbocycles. The van der Waals surface area contributed by atoms with Crippen LogP contribution in [0.2, 0.25) is 5.15 Å². The van der Waals surface area contributed by atoms with Gasteiger partial charge < -0.3 is 31.6 Å². The van der Waals surface area contributed by atoms with Gasteiger partial charge in [0, 0.05) is 6.07 Å². The van der Waals surface area contributed by atoms with Crippen molar-refractivity contribution < 1.29 is 23.6 Å². The largest absolute Gasteiger partial charge is 0.492 e. The molecule has 0 bridgehead atoms.